The van der Waals surface area contributed by atoms with Crippen molar-refractivity contribution in [3.05, 3.63) is 35.4 Å². The molecule has 66 valence electrons. The fourth-order valence-electron chi connectivity index (χ4n) is 1.44. The fraction of sp³-hybridized carbons (Fsp3) is 0.455. The smallest absolute Gasteiger partial charge is 0.00314 e. The van der Waals surface area contributed by atoms with Crippen LogP contribution in [0.5, 0.6) is 0 Å². The second kappa shape index (κ2) is 4.56. The number of hydrogen-bond donors (Lipinski definition) is 1. The van der Waals surface area contributed by atoms with E-state index >= 15 is 0 Å². The van der Waals surface area contributed by atoms with Gasteiger partial charge in [0.25, 0.3) is 0 Å². The van der Waals surface area contributed by atoms with Gasteiger partial charge in [-0.3, -0.25) is 0 Å². The van der Waals surface area contributed by atoms with E-state index in [1.165, 1.54) is 11.1 Å². The van der Waals surface area contributed by atoms with Crippen molar-refractivity contribution in [3.63, 3.8) is 0 Å². The summed E-state index contributed by atoms with van der Waals surface area (Å²) in [5.41, 5.74) is 2.91. The van der Waals surface area contributed by atoms with E-state index in [2.05, 4.69) is 50.7 Å². The summed E-state index contributed by atoms with van der Waals surface area (Å²) < 4.78 is 0. The second-order valence-electron chi connectivity index (χ2n) is 3.14. The Balaban J connectivity index is 2.96. The molecule has 0 saturated heterocycles. The molecule has 1 aromatic rings. The van der Waals surface area contributed by atoms with Crippen molar-refractivity contribution in [1.82, 2.24) is 0 Å². The molecule has 0 aliphatic heterocycles. The number of thiol groups is 1. The van der Waals surface area contributed by atoms with Crippen molar-refractivity contribution in [1.29, 1.82) is 0 Å². The molecule has 0 radical (unpaired) electrons. The third kappa shape index (κ3) is 2.04. The molecule has 0 saturated carbocycles. The zero-order chi connectivity index (χ0) is 8.97. The first-order chi connectivity index (χ1) is 5.79. The van der Waals surface area contributed by atoms with Crippen molar-refractivity contribution in [3.8, 4) is 0 Å². The summed E-state index contributed by atoms with van der Waals surface area (Å²) in [5.74, 6) is 1.50. The lowest BCUT2D eigenvalue weighted by atomic mass is 9.96. The Morgan fingerprint density at radius 2 is 2.00 bits per heavy atom. The van der Waals surface area contributed by atoms with Crippen molar-refractivity contribution in [2.45, 2.75) is 26.2 Å². The van der Waals surface area contributed by atoms with Crippen LogP contribution in [0.15, 0.2) is 24.3 Å². The van der Waals surface area contributed by atoms with Crippen LogP contribution in [0.1, 0.15) is 30.9 Å². The monoisotopic (exact) mass is 180 g/mol. The van der Waals surface area contributed by atoms with E-state index in [1.54, 1.807) is 0 Å². The highest BCUT2D eigenvalue weighted by atomic mass is 32.1. The van der Waals surface area contributed by atoms with Crippen LogP contribution < -0.4 is 0 Å². The molecule has 0 nitrogen and oxygen atoms in total. The molecule has 12 heavy (non-hydrogen) atoms. The summed E-state index contributed by atoms with van der Waals surface area (Å²) in [4.78, 5) is 0. The van der Waals surface area contributed by atoms with Gasteiger partial charge in [0.1, 0.15) is 0 Å². The minimum absolute atomic E-state index is 0.574. The fourth-order valence-corrected chi connectivity index (χ4v) is 1.63. The second-order valence-corrected chi connectivity index (χ2v) is 3.50. The van der Waals surface area contributed by atoms with Gasteiger partial charge in [-0.05, 0) is 29.2 Å². The van der Waals surface area contributed by atoms with Crippen LogP contribution in [0.25, 0.3) is 0 Å². The molecule has 0 N–H and O–H groups in total. The van der Waals surface area contributed by atoms with Crippen LogP contribution in [0.3, 0.4) is 0 Å². The van der Waals surface area contributed by atoms with Crippen molar-refractivity contribution in [2.24, 2.45) is 0 Å². The number of hydrogen-bond acceptors (Lipinski definition) is 1. The molecule has 1 aromatic carbocycles. The van der Waals surface area contributed by atoms with E-state index in [-0.39, 0.29) is 0 Å². The third-order valence-electron chi connectivity index (χ3n) is 2.24. The van der Waals surface area contributed by atoms with E-state index in [4.69, 9.17) is 0 Å². The SMILES string of the molecule is CCc1ccccc1C(C)CS. The highest BCUT2D eigenvalue weighted by molar-refractivity contribution is 7.80. The Hall–Kier alpha value is -0.430. The van der Waals surface area contributed by atoms with Gasteiger partial charge in [0.2, 0.25) is 0 Å². The summed E-state index contributed by atoms with van der Waals surface area (Å²) in [6, 6.07) is 8.62. The predicted octanol–water partition coefficient (Wildman–Crippen LogP) is 3.28. The van der Waals surface area contributed by atoms with Crippen LogP contribution in [0.4, 0.5) is 0 Å². The van der Waals surface area contributed by atoms with Gasteiger partial charge < -0.3 is 0 Å². The third-order valence-corrected chi connectivity index (χ3v) is 2.79. The van der Waals surface area contributed by atoms with Gasteiger partial charge in [0.05, 0.1) is 0 Å². The summed E-state index contributed by atoms with van der Waals surface area (Å²) in [5, 5.41) is 0. The predicted molar refractivity (Wildman–Crippen MR) is 58.1 cm³/mol. The van der Waals surface area contributed by atoms with Crippen LogP contribution in [0.2, 0.25) is 0 Å². The molecule has 0 aliphatic carbocycles. The Kier molecular flexibility index (Phi) is 3.67. The molecule has 1 heteroatoms. The molecule has 0 spiro atoms. The lowest BCUT2D eigenvalue weighted by Gasteiger charge is -2.12. The Labute approximate surface area is 80.4 Å². The normalized spacial score (nSPS) is 12.9. The Morgan fingerprint density at radius 1 is 1.33 bits per heavy atom. The van der Waals surface area contributed by atoms with Crippen molar-refractivity contribution < 1.29 is 0 Å². The minimum atomic E-state index is 0.574. The van der Waals surface area contributed by atoms with Crippen LogP contribution in [-0.2, 0) is 6.42 Å². The quantitative estimate of drug-likeness (QED) is 0.678. The largest absolute Gasteiger partial charge is 0.179 e. The first-order valence-corrected chi connectivity index (χ1v) is 5.11. The lowest BCUT2D eigenvalue weighted by molar-refractivity contribution is 0.859. The molecule has 0 fully saturated rings. The van der Waals surface area contributed by atoms with Gasteiger partial charge in [-0.25, -0.2) is 0 Å². The van der Waals surface area contributed by atoms with Gasteiger partial charge in [0, 0.05) is 0 Å². The van der Waals surface area contributed by atoms with E-state index < -0.39 is 0 Å². The summed E-state index contributed by atoms with van der Waals surface area (Å²) in [6.45, 7) is 4.42. The van der Waals surface area contributed by atoms with Crippen molar-refractivity contribution in [2.75, 3.05) is 5.75 Å². The molecule has 1 atom stereocenters. The first kappa shape index (κ1) is 9.66. The van der Waals surface area contributed by atoms with E-state index in [0.717, 1.165) is 12.2 Å². The molecule has 0 amide bonds. The summed E-state index contributed by atoms with van der Waals surface area (Å²) in [7, 11) is 0. The Bertz CT molecular complexity index is 243. The van der Waals surface area contributed by atoms with Gasteiger partial charge in [-0.1, -0.05) is 38.1 Å². The molecule has 0 aliphatic rings. The highest BCUT2D eigenvalue weighted by Gasteiger charge is 2.06. The number of benzene rings is 1. The maximum Gasteiger partial charge on any atom is -0.00314 e. The average molecular weight is 180 g/mol. The van der Waals surface area contributed by atoms with Gasteiger partial charge >= 0.3 is 0 Å². The number of aryl methyl sites for hydroxylation is 1. The summed E-state index contributed by atoms with van der Waals surface area (Å²) >= 11 is 4.31. The van der Waals surface area contributed by atoms with E-state index in [1.807, 2.05) is 0 Å². The first-order valence-electron chi connectivity index (χ1n) is 4.48. The molecule has 0 heterocycles. The maximum absolute atomic E-state index is 4.31. The van der Waals surface area contributed by atoms with E-state index in [9.17, 15) is 0 Å². The van der Waals surface area contributed by atoms with Gasteiger partial charge in [0.15, 0.2) is 0 Å². The van der Waals surface area contributed by atoms with Crippen LogP contribution in [0, 0.1) is 0 Å². The van der Waals surface area contributed by atoms with Crippen molar-refractivity contribution >= 4 is 12.6 Å². The highest BCUT2D eigenvalue weighted by Crippen LogP contribution is 2.20. The lowest BCUT2D eigenvalue weighted by Crippen LogP contribution is -1.99. The molecular weight excluding hydrogens is 164 g/mol. The number of rotatable bonds is 3. The van der Waals surface area contributed by atoms with Gasteiger partial charge in [-0.15, -0.1) is 0 Å². The topological polar surface area (TPSA) is 0 Å². The zero-order valence-corrected chi connectivity index (χ0v) is 8.64. The maximum atomic E-state index is 4.31. The summed E-state index contributed by atoms with van der Waals surface area (Å²) in [6.07, 6.45) is 1.12. The van der Waals surface area contributed by atoms with Crippen LogP contribution in [-0.4, -0.2) is 5.75 Å². The van der Waals surface area contributed by atoms with E-state index in [0.29, 0.717) is 5.92 Å². The average Bonchev–Trinajstić information content (AvgIpc) is 2.16. The minimum Gasteiger partial charge on any atom is -0.179 e. The van der Waals surface area contributed by atoms with Gasteiger partial charge in [-0.2, -0.15) is 12.6 Å². The molecule has 0 bridgehead atoms. The zero-order valence-electron chi connectivity index (χ0n) is 7.75. The molecule has 1 rings (SSSR count). The molecule has 1 unspecified atom stereocenters. The van der Waals surface area contributed by atoms with Crippen LogP contribution >= 0.6 is 12.6 Å². The molecule has 0 aromatic heterocycles. The molecular formula is C11H16S. The standard InChI is InChI=1S/C11H16S/c1-3-10-6-4-5-7-11(10)9(2)8-12/h4-7,9,12H,3,8H2,1-2H3. The Morgan fingerprint density at radius 3 is 2.58 bits per heavy atom.